The molecule has 3 heteroatoms. The lowest BCUT2D eigenvalue weighted by molar-refractivity contribution is 0.445. The fourth-order valence-electron chi connectivity index (χ4n) is 1.83. The lowest BCUT2D eigenvalue weighted by Gasteiger charge is -2.16. The minimum atomic E-state index is 0.670. The van der Waals surface area contributed by atoms with E-state index in [2.05, 4.69) is 21.2 Å². The van der Waals surface area contributed by atoms with Gasteiger partial charge in [0.15, 0.2) is 0 Å². The number of aliphatic imine (C=N–C) groups is 1. The van der Waals surface area contributed by atoms with Crippen molar-refractivity contribution in [3.8, 4) is 0 Å². The van der Waals surface area contributed by atoms with Gasteiger partial charge in [-0.15, -0.1) is 0 Å². The Morgan fingerprint density at radius 3 is 2.57 bits per heavy atom. The van der Waals surface area contributed by atoms with Crippen LogP contribution < -0.4 is 0 Å². The fourth-order valence-corrected chi connectivity index (χ4v) is 1.83. The van der Waals surface area contributed by atoms with Crippen molar-refractivity contribution in [2.75, 3.05) is 0 Å². The number of hydrogen-bond acceptors (Lipinski definition) is 3. The van der Waals surface area contributed by atoms with E-state index in [4.69, 9.17) is 0 Å². The van der Waals surface area contributed by atoms with Crippen LogP contribution in [0, 0.1) is 5.92 Å². The van der Waals surface area contributed by atoms with E-state index in [1.54, 1.807) is 12.4 Å². The second-order valence-corrected chi connectivity index (χ2v) is 3.77. The molecule has 1 saturated carbocycles. The van der Waals surface area contributed by atoms with E-state index in [0.717, 1.165) is 5.69 Å². The summed E-state index contributed by atoms with van der Waals surface area (Å²) < 4.78 is 0. The van der Waals surface area contributed by atoms with Gasteiger partial charge in [0.25, 0.3) is 0 Å². The number of rotatable bonds is 2. The molecule has 1 aliphatic rings. The van der Waals surface area contributed by atoms with E-state index >= 15 is 0 Å². The first-order valence-electron chi connectivity index (χ1n) is 5.24. The molecule has 3 nitrogen and oxygen atoms in total. The number of hydrogen-bond donors (Lipinski definition) is 0. The van der Waals surface area contributed by atoms with Crippen LogP contribution in [0.3, 0.4) is 0 Å². The molecule has 0 spiro atoms. The van der Waals surface area contributed by atoms with Gasteiger partial charge in [-0.05, 0) is 18.8 Å². The lowest BCUT2D eigenvalue weighted by Crippen LogP contribution is -2.06. The molecule has 0 radical (unpaired) electrons. The molecule has 0 atom stereocenters. The van der Waals surface area contributed by atoms with Crippen molar-refractivity contribution in [1.82, 2.24) is 9.97 Å². The number of aromatic nitrogens is 2. The van der Waals surface area contributed by atoms with Gasteiger partial charge in [0, 0.05) is 6.21 Å². The van der Waals surface area contributed by atoms with Crippen LogP contribution in [0.2, 0.25) is 0 Å². The van der Waals surface area contributed by atoms with E-state index in [1.807, 2.05) is 0 Å². The molecular weight excluding hydrogens is 174 g/mol. The average Bonchev–Trinajstić information content (AvgIpc) is 2.29. The average molecular weight is 189 g/mol. The Bertz CT molecular complexity index is 289. The Morgan fingerprint density at radius 2 is 1.86 bits per heavy atom. The Balaban J connectivity index is 1.93. The van der Waals surface area contributed by atoms with Crippen LogP contribution in [0.1, 0.15) is 32.1 Å². The van der Waals surface area contributed by atoms with Crippen molar-refractivity contribution >= 4 is 11.9 Å². The highest BCUT2D eigenvalue weighted by atomic mass is 14.9. The van der Waals surface area contributed by atoms with Gasteiger partial charge in [-0.1, -0.05) is 19.3 Å². The lowest BCUT2D eigenvalue weighted by atomic mass is 9.90. The third kappa shape index (κ3) is 2.62. The van der Waals surface area contributed by atoms with E-state index in [-0.39, 0.29) is 0 Å². The highest BCUT2D eigenvalue weighted by molar-refractivity contribution is 5.65. The van der Waals surface area contributed by atoms with Gasteiger partial charge >= 0.3 is 0 Å². The zero-order valence-electron chi connectivity index (χ0n) is 8.26. The van der Waals surface area contributed by atoms with Crippen molar-refractivity contribution < 1.29 is 0 Å². The third-order valence-electron chi connectivity index (χ3n) is 2.63. The maximum absolute atomic E-state index is 4.38. The van der Waals surface area contributed by atoms with Gasteiger partial charge in [0.2, 0.25) is 0 Å². The Hall–Kier alpha value is -1.25. The third-order valence-corrected chi connectivity index (χ3v) is 2.63. The molecule has 1 heterocycles. The Kier molecular flexibility index (Phi) is 3.22. The molecule has 74 valence electrons. The summed E-state index contributed by atoms with van der Waals surface area (Å²) in [6, 6.07) is 0. The Labute approximate surface area is 84.3 Å². The van der Waals surface area contributed by atoms with Gasteiger partial charge in [-0.3, -0.25) is 4.99 Å². The smallest absolute Gasteiger partial charge is 0.115 e. The van der Waals surface area contributed by atoms with Crippen LogP contribution in [-0.4, -0.2) is 16.2 Å². The van der Waals surface area contributed by atoms with Crippen LogP contribution in [0.15, 0.2) is 23.7 Å². The minimum absolute atomic E-state index is 0.670. The molecule has 0 N–H and O–H groups in total. The summed E-state index contributed by atoms with van der Waals surface area (Å²) in [4.78, 5) is 12.2. The van der Waals surface area contributed by atoms with Gasteiger partial charge < -0.3 is 0 Å². The molecule has 0 unspecified atom stereocenters. The Morgan fingerprint density at radius 1 is 1.14 bits per heavy atom. The van der Waals surface area contributed by atoms with Crippen LogP contribution >= 0.6 is 0 Å². The van der Waals surface area contributed by atoms with E-state index in [0.29, 0.717) is 5.92 Å². The first-order valence-corrected chi connectivity index (χ1v) is 5.24. The molecular formula is C11H15N3. The van der Waals surface area contributed by atoms with Crippen molar-refractivity contribution in [3.05, 3.63) is 18.7 Å². The molecule has 2 rings (SSSR count). The molecule has 0 amide bonds. The normalized spacial score (nSPS) is 18.9. The summed E-state index contributed by atoms with van der Waals surface area (Å²) in [5.41, 5.74) is 0.859. The van der Waals surface area contributed by atoms with Gasteiger partial charge in [0.05, 0.1) is 18.1 Å². The van der Waals surface area contributed by atoms with Crippen molar-refractivity contribution in [2.45, 2.75) is 32.1 Å². The second-order valence-electron chi connectivity index (χ2n) is 3.77. The zero-order chi connectivity index (χ0) is 9.64. The SMILES string of the molecule is C(=Nc1cncnc1)C1CCCCC1. The second kappa shape index (κ2) is 4.84. The predicted octanol–water partition coefficient (Wildman–Crippen LogP) is 2.76. The maximum Gasteiger partial charge on any atom is 0.115 e. The minimum Gasteiger partial charge on any atom is -0.258 e. The molecule has 0 aromatic carbocycles. The van der Waals surface area contributed by atoms with Crippen molar-refractivity contribution in [1.29, 1.82) is 0 Å². The summed E-state index contributed by atoms with van der Waals surface area (Å²) in [5.74, 6) is 0.670. The van der Waals surface area contributed by atoms with Crippen LogP contribution in [-0.2, 0) is 0 Å². The summed E-state index contributed by atoms with van der Waals surface area (Å²) in [5, 5.41) is 0. The molecule has 0 saturated heterocycles. The molecule has 0 bridgehead atoms. The summed E-state index contributed by atoms with van der Waals surface area (Å²) in [6.45, 7) is 0. The van der Waals surface area contributed by atoms with Gasteiger partial charge in [-0.2, -0.15) is 0 Å². The predicted molar refractivity (Wildman–Crippen MR) is 56.8 cm³/mol. The summed E-state index contributed by atoms with van der Waals surface area (Å²) in [7, 11) is 0. The number of nitrogens with zero attached hydrogens (tertiary/aromatic N) is 3. The van der Waals surface area contributed by atoms with E-state index in [9.17, 15) is 0 Å². The van der Waals surface area contributed by atoms with Crippen LogP contribution in [0.25, 0.3) is 0 Å². The topological polar surface area (TPSA) is 38.1 Å². The van der Waals surface area contributed by atoms with Gasteiger partial charge in [0.1, 0.15) is 6.33 Å². The highest BCUT2D eigenvalue weighted by Crippen LogP contribution is 2.22. The molecule has 14 heavy (non-hydrogen) atoms. The van der Waals surface area contributed by atoms with Crippen molar-refractivity contribution in [3.63, 3.8) is 0 Å². The first kappa shape index (κ1) is 9.31. The van der Waals surface area contributed by atoms with Crippen molar-refractivity contribution in [2.24, 2.45) is 10.9 Å². The van der Waals surface area contributed by atoms with Gasteiger partial charge in [-0.25, -0.2) is 9.97 Å². The largest absolute Gasteiger partial charge is 0.258 e. The van der Waals surface area contributed by atoms with E-state index in [1.165, 1.54) is 38.4 Å². The van der Waals surface area contributed by atoms with Crippen LogP contribution in [0.4, 0.5) is 5.69 Å². The van der Waals surface area contributed by atoms with E-state index < -0.39 is 0 Å². The monoisotopic (exact) mass is 189 g/mol. The summed E-state index contributed by atoms with van der Waals surface area (Å²) in [6.07, 6.45) is 13.7. The molecule has 1 aliphatic carbocycles. The first-order chi connectivity index (χ1) is 6.95. The standard InChI is InChI=1S/C11H15N3/c1-2-4-10(5-3-1)6-14-11-7-12-9-13-8-11/h6-10H,1-5H2. The molecule has 1 aromatic heterocycles. The maximum atomic E-state index is 4.38. The fraction of sp³-hybridized carbons (Fsp3) is 0.545. The highest BCUT2D eigenvalue weighted by Gasteiger charge is 2.10. The quantitative estimate of drug-likeness (QED) is 0.671. The summed E-state index contributed by atoms with van der Waals surface area (Å²) >= 11 is 0. The van der Waals surface area contributed by atoms with Crippen LogP contribution in [0.5, 0.6) is 0 Å². The molecule has 1 aromatic rings. The zero-order valence-corrected chi connectivity index (χ0v) is 8.26. The molecule has 0 aliphatic heterocycles. The molecule has 1 fully saturated rings.